The summed E-state index contributed by atoms with van der Waals surface area (Å²) >= 11 is 0. The average Bonchev–Trinajstić information content (AvgIpc) is 2.65. The molecular formula is C22H28N4O3. The molecule has 0 aliphatic heterocycles. The Balaban J connectivity index is 1.96. The third-order valence-electron chi connectivity index (χ3n) is 3.87. The molecule has 2 aromatic rings. The summed E-state index contributed by atoms with van der Waals surface area (Å²) in [5.74, 6) is -0.568. The quantitative estimate of drug-likeness (QED) is 0.700. The van der Waals surface area contributed by atoms with Gasteiger partial charge in [-0.05, 0) is 57.2 Å². The fraction of sp³-hybridized carbons (Fsp3) is 0.318. The van der Waals surface area contributed by atoms with Crippen molar-refractivity contribution in [2.45, 2.75) is 26.3 Å². The number of nitrogens with one attached hydrogen (secondary N) is 3. The van der Waals surface area contributed by atoms with Crippen LogP contribution in [-0.4, -0.2) is 48.8 Å². The third kappa shape index (κ3) is 6.95. The van der Waals surface area contributed by atoms with E-state index in [1.807, 2.05) is 20.8 Å². The molecule has 3 N–H and O–H groups in total. The lowest BCUT2D eigenvalue weighted by molar-refractivity contribution is -0.114. The fourth-order valence-electron chi connectivity index (χ4n) is 2.56. The Labute approximate surface area is 171 Å². The highest BCUT2D eigenvalue weighted by molar-refractivity contribution is 5.98. The molecule has 0 heterocycles. The topological polar surface area (TPSA) is 90.5 Å². The molecule has 0 spiro atoms. The Bertz CT molecular complexity index is 901. The van der Waals surface area contributed by atoms with Gasteiger partial charge in [-0.2, -0.15) is 0 Å². The van der Waals surface area contributed by atoms with Crippen molar-refractivity contribution in [2.75, 3.05) is 31.3 Å². The second-order valence-electron chi connectivity index (χ2n) is 7.97. The van der Waals surface area contributed by atoms with E-state index >= 15 is 0 Å². The van der Waals surface area contributed by atoms with Gasteiger partial charge in [0.25, 0.3) is 11.8 Å². The minimum atomic E-state index is -0.330. The van der Waals surface area contributed by atoms with Crippen LogP contribution in [0.1, 0.15) is 41.5 Å². The van der Waals surface area contributed by atoms with Crippen molar-refractivity contribution in [3.63, 3.8) is 0 Å². The molecule has 0 fully saturated rings. The highest BCUT2D eigenvalue weighted by Crippen LogP contribution is 2.14. The molecule has 29 heavy (non-hydrogen) atoms. The van der Waals surface area contributed by atoms with E-state index < -0.39 is 0 Å². The highest BCUT2D eigenvalue weighted by Gasteiger charge is 2.15. The molecule has 0 unspecified atom stereocenters. The monoisotopic (exact) mass is 396 g/mol. The first-order valence-corrected chi connectivity index (χ1v) is 9.33. The van der Waals surface area contributed by atoms with Crippen LogP contribution in [0.25, 0.3) is 0 Å². The Morgan fingerprint density at radius 1 is 0.897 bits per heavy atom. The maximum absolute atomic E-state index is 12.3. The van der Waals surface area contributed by atoms with Crippen LogP contribution >= 0.6 is 0 Å². The van der Waals surface area contributed by atoms with Gasteiger partial charge in [0.1, 0.15) is 0 Å². The first kappa shape index (κ1) is 21.9. The molecule has 0 radical (unpaired) electrons. The van der Waals surface area contributed by atoms with Crippen LogP contribution < -0.4 is 16.0 Å². The maximum atomic E-state index is 12.3. The second kappa shape index (κ2) is 9.23. The van der Waals surface area contributed by atoms with Gasteiger partial charge < -0.3 is 20.9 Å². The Hall–Kier alpha value is -3.35. The Morgan fingerprint density at radius 3 is 2.10 bits per heavy atom. The van der Waals surface area contributed by atoms with Crippen molar-refractivity contribution in [3.8, 4) is 0 Å². The Kier molecular flexibility index (Phi) is 6.98. The fourth-order valence-corrected chi connectivity index (χ4v) is 2.56. The average molecular weight is 396 g/mol. The number of benzene rings is 2. The summed E-state index contributed by atoms with van der Waals surface area (Å²) in [5, 5.41) is 8.68. The molecule has 0 aliphatic carbocycles. The molecule has 0 aliphatic rings. The van der Waals surface area contributed by atoms with Gasteiger partial charge in [-0.1, -0.05) is 12.1 Å². The van der Waals surface area contributed by atoms with E-state index in [0.29, 0.717) is 22.5 Å². The molecule has 0 atom stereocenters. The van der Waals surface area contributed by atoms with E-state index in [9.17, 15) is 14.4 Å². The first-order valence-electron chi connectivity index (χ1n) is 9.33. The van der Waals surface area contributed by atoms with Crippen molar-refractivity contribution in [2.24, 2.45) is 0 Å². The molecule has 2 aromatic carbocycles. The van der Waals surface area contributed by atoms with Gasteiger partial charge in [0.2, 0.25) is 5.91 Å². The molecule has 0 bridgehead atoms. The van der Waals surface area contributed by atoms with Gasteiger partial charge in [-0.3, -0.25) is 14.4 Å². The van der Waals surface area contributed by atoms with Crippen molar-refractivity contribution >= 4 is 29.1 Å². The predicted molar refractivity (Wildman–Crippen MR) is 115 cm³/mol. The third-order valence-corrected chi connectivity index (χ3v) is 3.87. The minimum absolute atomic E-state index is 0.0240. The molecule has 3 amide bonds. The lowest BCUT2D eigenvalue weighted by Gasteiger charge is -2.20. The molecule has 7 heteroatoms. The zero-order valence-corrected chi connectivity index (χ0v) is 17.5. The van der Waals surface area contributed by atoms with Crippen LogP contribution in [0.3, 0.4) is 0 Å². The van der Waals surface area contributed by atoms with Gasteiger partial charge in [-0.15, -0.1) is 0 Å². The standard InChI is InChI=1S/C22H28N4O3/c1-22(2,3)25-20(28)15-8-6-10-17(12-15)23-14-19(27)24-18-11-7-9-16(13-18)21(29)26(4)5/h6-13,23H,14H2,1-5H3,(H,24,27)(H,25,28). The number of amides is 3. The number of carbonyl (C=O) groups excluding carboxylic acids is 3. The van der Waals surface area contributed by atoms with Gasteiger partial charge in [0.15, 0.2) is 0 Å². The summed E-state index contributed by atoms with van der Waals surface area (Å²) in [5.41, 5.74) is 1.89. The van der Waals surface area contributed by atoms with Crippen molar-refractivity contribution in [3.05, 3.63) is 59.7 Å². The second-order valence-corrected chi connectivity index (χ2v) is 7.97. The first-order chi connectivity index (χ1) is 13.5. The molecule has 7 nitrogen and oxygen atoms in total. The zero-order valence-electron chi connectivity index (χ0n) is 17.5. The number of carbonyl (C=O) groups is 3. The molecule has 0 saturated carbocycles. The summed E-state index contributed by atoms with van der Waals surface area (Å²) in [4.78, 5) is 38.0. The summed E-state index contributed by atoms with van der Waals surface area (Å²) in [7, 11) is 3.35. The van der Waals surface area contributed by atoms with Gasteiger partial charge >= 0.3 is 0 Å². The van der Waals surface area contributed by atoms with E-state index in [-0.39, 0.29) is 29.8 Å². The lowest BCUT2D eigenvalue weighted by atomic mass is 10.1. The minimum Gasteiger partial charge on any atom is -0.376 e. The van der Waals surface area contributed by atoms with Crippen molar-refractivity contribution < 1.29 is 14.4 Å². The summed E-state index contributed by atoms with van der Waals surface area (Å²) in [6.07, 6.45) is 0. The number of rotatable bonds is 6. The summed E-state index contributed by atoms with van der Waals surface area (Å²) in [6.45, 7) is 5.77. The molecule has 0 saturated heterocycles. The van der Waals surface area contributed by atoms with Crippen LogP contribution in [0.15, 0.2) is 48.5 Å². The van der Waals surface area contributed by atoms with Gasteiger partial charge in [0, 0.05) is 42.1 Å². The van der Waals surface area contributed by atoms with E-state index in [0.717, 1.165) is 0 Å². The normalized spacial score (nSPS) is 10.8. The number of nitrogens with zero attached hydrogens (tertiary/aromatic N) is 1. The van der Waals surface area contributed by atoms with Crippen molar-refractivity contribution in [1.29, 1.82) is 0 Å². The van der Waals surface area contributed by atoms with Gasteiger partial charge in [0.05, 0.1) is 6.54 Å². The van der Waals surface area contributed by atoms with E-state index in [2.05, 4.69) is 16.0 Å². The number of hydrogen-bond acceptors (Lipinski definition) is 4. The molecule has 0 aromatic heterocycles. The van der Waals surface area contributed by atoms with Crippen LogP contribution in [0.5, 0.6) is 0 Å². The van der Waals surface area contributed by atoms with Gasteiger partial charge in [-0.25, -0.2) is 0 Å². The number of hydrogen-bond donors (Lipinski definition) is 3. The van der Waals surface area contributed by atoms with Crippen LogP contribution in [0.2, 0.25) is 0 Å². The maximum Gasteiger partial charge on any atom is 0.253 e. The molecule has 154 valence electrons. The van der Waals surface area contributed by atoms with Crippen LogP contribution in [-0.2, 0) is 4.79 Å². The predicted octanol–water partition coefficient (Wildman–Crippen LogP) is 2.97. The summed E-state index contributed by atoms with van der Waals surface area (Å²) in [6, 6.07) is 13.7. The SMILES string of the molecule is CN(C)C(=O)c1cccc(NC(=O)CNc2cccc(C(=O)NC(C)(C)C)c2)c1. The van der Waals surface area contributed by atoms with E-state index in [4.69, 9.17) is 0 Å². The van der Waals surface area contributed by atoms with Crippen LogP contribution in [0, 0.1) is 0 Å². The smallest absolute Gasteiger partial charge is 0.253 e. The number of anilines is 2. The molecule has 2 rings (SSSR count). The molecular weight excluding hydrogens is 368 g/mol. The van der Waals surface area contributed by atoms with Crippen LogP contribution in [0.4, 0.5) is 11.4 Å². The Morgan fingerprint density at radius 2 is 1.48 bits per heavy atom. The van der Waals surface area contributed by atoms with E-state index in [1.54, 1.807) is 62.6 Å². The van der Waals surface area contributed by atoms with Crippen molar-refractivity contribution in [1.82, 2.24) is 10.2 Å². The largest absolute Gasteiger partial charge is 0.376 e. The van der Waals surface area contributed by atoms with E-state index in [1.165, 1.54) is 4.90 Å². The zero-order chi connectivity index (χ0) is 21.6. The highest BCUT2D eigenvalue weighted by atomic mass is 16.2. The lowest BCUT2D eigenvalue weighted by Crippen LogP contribution is -2.40. The summed E-state index contributed by atoms with van der Waals surface area (Å²) < 4.78 is 0.